The summed E-state index contributed by atoms with van der Waals surface area (Å²) in [6.07, 6.45) is 0.756. The second-order valence-corrected chi connectivity index (χ2v) is 4.22. The fourth-order valence-corrected chi connectivity index (χ4v) is 1.82. The van der Waals surface area contributed by atoms with Crippen LogP contribution < -0.4 is 5.32 Å². The van der Waals surface area contributed by atoms with Crippen LogP contribution >= 0.6 is 0 Å². The van der Waals surface area contributed by atoms with Gasteiger partial charge in [0.15, 0.2) is 0 Å². The summed E-state index contributed by atoms with van der Waals surface area (Å²) in [6, 6.07) is 7.23. The first-order valence-electron chi connectivity index (χ1n) is 6.01. The number of nitrogens with one attached hydrogen (secondary N) is 1. The zero-order valence-electron chi connectivity index (χ0n) is 9.95. The van der Waals surface area contributed by atoms with Crippen molar-refractivity contribution >= 4 is 0 Å². The summed E-state index contributed by atoms with van der Waals surface area (Å²) < 4.78 is 0. The van der Waals surface area contributed by atoms with Crippen LogP contribution in [0, 0.1) is 11.8 Å². The maximum Gasteiger partial charge on any atom is 0.115 e. The fourth-order valence-electron chi connectivity index (χ4n) is 1.82. The highest BCUT2D eigenvalue weighted by molar-refractivity contribution is 5.28. The lowest BCUT2D eigenvalue weighted by Crippen LogP contribution is -2.43. The summed E-state index contributed by atoms with van der Waals surface area (Å²) >= 11 is 0. The van der Waals surface area contributed by atoms with E-state index in [0.717, 1.165) is 44.7 Å². The minimum atomic E-state index is 0.308. The van der Waals surface area contributed by atoms with Gasteiger partial charge in [0.1, 0.15) is 5.75 Å². The molecule has 0 atom stereocenters. The molecular weight excluding hydrogens is 212 g/mol. The minimum Gasteiger partial charge on any atom is -0.508 e. The predicted octanol–water partition coefficient (Wildman–Crippen LogP) is 0.843. The average Bonchev–Trinajstić information content (AvgIpc) is 2.38. The van der Waals surface area contributed by atoms with Crippen LogP contribution in [0.4, 0.5) is 0 Å². The van der Waals surface area contributed by atoms with Crippen LogP contribution in [-0.4, -0.2) is 42.7 Å². The molecule has 2 N–H and O–H groups in total. The number of piperazine rings is 1. The molecule has 0 aliphatic carbocycles. The molecule has 1 aromatic rings. The van der Waals surface area contributed by atoms with E-state index in [0.29, 0.717) is 5.75 Å². The monoisotopic (exact) mass is 230 g/mol. The summed E-state index contributed by atoms with van der Waals surface area (Å²) in [5, 5.41) is 12.5. The molecular formula is C14H18N2O. The molecule has 0 radical (unpaired) electrons. The lowest BCUT2D eigenvalue weighted by atomic mass is 10.1. The van der Waals surface area contributed by atoms with E-state index in [1.807, 2.05) is 12.1 Å². The smallest absolute Gasteiger partial charge is 0.115 e. The van der Waals surface area contributed by atoms with E-state index in [2.05, 4.69) is 22.1 Å². The van der Waals surface area contributed by atoms with E-state index < -0.39 is 0 Å². The maximum absolute atomic E-state index is 9.15. The SMILES string of the molecule is Oc1ccc(CC#CCN2CCNCC2)cc1. The Morgan fingerprint density at radius 1 is 1.12 bits per heavy atom. The number of rotatable bonds is 2. The zero-order valence-corrected chi connectivity index (χ0v) is 9.95. The third-order valence-electron chi connectivity index (χ3n) is 2.87. The van der Waals surface area contributed by atoms with Crippen molar-refractivity contribution < 1.29 is 5.11 Å². The van der Waals surface area contributed by atoms with Crippen molar-refractivity contribution in [3.05, 3.63) is 29.8 Å². The molecule has 0 bridgehead atoms. The van der Waals surface area contributed by atoms with Gasteiger partial charge >= 0.3 is 0 Å². The standard InChI is InChI=1S/C14H18N2O/c17-14-6-4-13(5-7-14)3-1-2-10-16-11-8-15-9-12-16/h4-7,15,17H,3,8-12H2. The molecule has 2 rings (SSSR count). The molecule has 0 spiro atoms. The predicted molar refractivity (Wildman–Crippen MR) is 68.9 cm³/mol. The molecule has 90 valence electrons. The van der Waals surface area contributed by atoms with Gasteiger partial charge in [-0.1, -0.05) is 24.0 Å². The van der Waals surface area contributed by atoms with Gasteiger partial charge < -0.3 is 10.4 Å². The zero-order chi connectivity index (χ0) is 11.9. The van der Waals surface area contributed by atoms with Crippen LogP contribution in [0.5, 0.6) is 5.75 Å². The van der Waals surface area contributed by atoms with Crippen LogP contribution in [0.25, 0.3) is 0 Å². The van der Waals surface area contributed by atoms with Crippen molar-refractivity contribution in [2.45, 2.75) is 6.42 Å². The summed E-state index contributed by atoms with van der Waals surface area (Å²) in [5.41, 5.74) is 1.15. The molecule has 1 aliphatic rings. The summed E-state index contributed by atoms with van der Waals surface area (Å²) in [4.78, 5) is 2.36. The van der Waals surface area contributed by atoms with Gasteiger partial charge in [-0.2, -0.15) is 0 Å². The molecule has 1 aromatic carbocycles. The van der Waals surface area contributed by atoms with Gasteiger partial charge in [0.25, 0.3) is 0 Å². The Morgan fingerprint density at radius 3 is 2.53 bits per heavy atom. The van der Waals surface area contributed by atoms with E-state index >= 15 is 0 Å². The van der Waals surface area contributed by atoms with Gasteiger partial charge in [-0.15, -0.1) is 0 Å². The number of hydrogen-bond acceptors (Lipinski definition) is 3. The van der Waals surface area contributed by atoms with Crippen LogP contribution in [0.1, 0.15) is 5.56 Å². The number of aromatic hydroxyl groups is 1. The summed E-state index contributed by atoms with van der Waals surface area (Å²) in [6.45, 7) is 5.18. The Morgan fingerprint density at radius 2 is 1.82 bits per heavy atom. The highest BCUT2D eigenvalue weighted by Gasteiger charge is 2.06. The first kappa shape index (κ1) is 12.0. The molecule has 0 unspecified atom stereocenters. The maximum atomic E-state index is 9.15. The molecule has 3 heteroatoms. The van der Waals surface area contributed by atoms with E-state index in [4.69, 9.17) is 5.11 Å². The van der Waals surface area contributed by atoms with E-state index in [-0.39, 0.29) is 0 Å². The fraction of sp³-hybridized carbons (Fsp3) is 0.429. The molecule has 0 saturated carbocycles. The Kier molecular flexibility index (Phi) is 4.43. The molecule has 0 amide bonds. The van der Waals surface area contributed by atoms with Gasteiger partial charge in [0.05, 0.1) is 6.54 Å². The van der Waals surface area contributed by atoms with Gasteiger partial charge in [0, 0.05) is 32.6 Å². The van der Waals surface area contributed by atoms with E-state index in [1.165, 1.54) is 0 Å². The number of hydrogen-bond donors (Lipinski definition) is 2. The van der Waals surface area contributed by atoms with Crippen molar-refractivity contribution in [3.8, 4) is 17.6 Å². The lowest BCUT2D eigenvalue weighted by molar-refractivity contribution is 0.268. The van der Waals surface area contributed by atoms with Gasteiger partial charge in [0.2, 0.25) is 0 Å². The second kappa shape index (κ2) is 6.29. The first-order chi connectivity index (χ1) is 8.34. The minimum absolute atomic E-state index is 0.308. The molecule has 1 fully saturated rings. The van der Waals surface area contributed by atoms with Crippen LogP contribution in [-0.2, 0) is 6.42 Å². The number of phenolic OH excluding ortho intramolecular Hbond substituents is 1. The Labute approximate surface area is 102 Å². The first-order valence-corrected chi connectivity index (χ1v) is 6.01. The molecule has 3 nitrogen and oxygen atoms in total. The summed E-state index contributed by atoms with van der Waals surface area (Å²) in [7, 11) is 0. The molecule has 0 aromatic heterocycles. The Bertz CT molecular complexity index is 396. The number of nitrogens with zero attached hydrogens (tertiary/aromatic N) is 1. The molecule has 1 aliphatic heterocycles. The van der Waals surface area contributed by atoms with Crippen molar-refractivity contribution in [2.24, 2.45) is 0 Å². The largest absolute Gasteiger partial charge is 0.508 e. The molecule has 1 heterocycles. The summed E-state index contributed by atoms with van der Waals surface area (Å²) in [5.74, 6) is 6.69. The topological polar surface area (TPSA) is 35.5 Å². The Hall–Kier alpha value is -1.50. The van der Waals surface area contributed by atoms with Crippen LogP contribution in [0.3, 0.4) is 0 Å². The van der Waals surface area contributed by atoms with Crippen molar-refractivity contribution in [1.29, 1.82) is 0 Å². The van der Waals surface area contributed by atoms with Crippen molar-refractivity contribution in [2.75, 3.05) is 32.7 Å². The number of benzene rings is 1. The van der Waals surface area contributed by atoms with Gasteiger partial charge in [-0.25, -0.2) is 0 Å². The third kappa shape index (κ3) is 4.10. The molecule has 1 saturated heterocycles. The van der Waals surface area contributed by atoms with Gasteiger partial charge in [-0.3, -0.25) is 4.90 Å². The highest BCUT2D eigenvalue weighted by atomic mass is 16.3. The van der Waals surface area contributed by atoms with Crippen molar-refractivity contribution in [3.63, 3.8) is 0 Å². The number of phenols is 1. The normalized spacial score (nSPS) is 16.2. The lowest BCUT2D eigenvalue weighted by Gasteiger charge is -2.24. The quantitative estimate of drug-likeness (QED) is 0.739. The van der Waals surface area contributed by atoms with E-state index in [9.17, 15) is 0 Å². The third-order valence-corrected chi connectivity index (χ3v) is 2.87. The van der Waals surface area contributed by atoms with Crippen molar-refractivity contribution in [1.82, 2.24) is 10.2 Å². The average molecular weight is 230 g/mol. The second-order valence-electron chi connectivity index (χ2n) is 4.22. The van der Waals surface area contributed by atoms with Gasteiger partial charge in [-0.05, 0) is 17.7 Å². The van der Waals surface area contributed by atoms with Crippen LogP contribution in [0.15, 0.2) is 24.3 Å². The highest BCUT2D eigenvalue weighted by Crippen LogP contribution is 2.09. The molecule has 17 heavy (non-hydrogen) atoms. The Balaban J connectivity index is 1.76. The van der Waals surface area contributed by atoms with E-state index in [1.54, 1.807) is 12.1 Å². The van der Waals surface area contributed by atoms with Crippen LogP contribution in [0.2, 0.25) is 0 Å².